The van der Waals surface area contributed by atoms with Gasteiger partial charge in [-0.1, -0.05) is 48.7 Å². The van der Waals surface area contributed by atoms with E-state index in [1.54, 1.807) is 24.3 Å². The molecular weight excluding hydrogens is 255 g/mol. The zero-order valence-corrected chi connectivity index (χ0v) is 11.2. The molecule has 20 heavy (non-hydrogen) atoms. The van der Waals surface area contributed by atoms with Crippen LogP contribution in [-0.4, -0.2) is 27.3 Å². The van der Waals surface area contributed by atoms with Crippen molar-refractivity contribution in [2.45, 2.75) is 38.0 Å². The van der Waals surface area contributed by atoms with E-state index in [1.807, 2.05) is 0 Å². The fourth-order valence-electron chi connectivity index (χ4n) is 2.67. The van der Waals surface area contributed by atoms with Gasteiger partial charge in [0.25, 0.3) is 0 Å². The lowest BCUT2D eigenvalue weighted by Crippen LogP contribution is -2.29. The highest BCUT2D eigenvalue weighted by Gasteiger charge is 2.22. The predicted molar refractivity (Wildman–Crippen MR) is 75.4 cm³/mol. The molecule has 1 aromatic carbocycles. The van der Waals surface area contributed by atoms with Crippen molar-refractivity contribution in [3.05, 3.63) is 30.2 Å². The Labute approximate surface area is 117 Å². The van der Waals surface area contributed by atoms with Gasteiger partial charge in [-0.25, -0.2) is 0 Å². The maximum Gasteiger partial charge on any atom is 0.488 e. The lowest BCUT2D eigenvalue weighted by atomic mass is 9.80. The van der Waals surface area contributed by atoms with Gasteiger partial charge in [-0.2, -0.15) is 4.98 Å². The zero-order chi connectivity index (χ0) is 13.9. The van der Waals surface area contributed by atoms with Crippen molar-refractivity contribution < 1.29 is 14.6 Å². The minimum atomic E-state index is -1.45. The van der Waals surface area contributed by atoms with Gasteiger partial charge in [0, 0.05) is 11.5 Å². The molecule has 1 aliphatic carbocycles. The maximum atomic E-state index is 9.07. The van der Waals surface area contributed by atoms with Gasteiger partial charge < -0.3 is 14.6 Å². The van der Waals surface area contributed by atoms with Crippen LogP contribution < -0.4 is 5.46 Å². The second kappa shape index (κ2) is 5.77. The van der Waals surface area contributed by atoms with Crippen LogP contribution in [0.2, 0.25) is 0 Å². The minimum Gasteiger partial charge on any atom is -0.423 e. The van der Waals surface area contributed by atoms with E-state index in [0.29, 0.717) is 17.2 Å². The third-order valence-corrected chi connectivity index (χ3v) is 3.86. The molecule has 0 spiro atoms. The number of benzene rings is 1. The van der Waals surface area contributed by atoms with E-state index in [4.69, 9.17) is 14.6 Å². The Hall–Kier alpha value is -1.66. The molecule has 0 unspecified atom stereocenters. The standard InChI is InChI=1S/C14H17BN2O3/c18-15(19)12-8-6-10(7-9-12)13-16-14(20-17-13)11-4-2-1-3-5-11/h6-9,11,18-19H,1-5H2. The maximum absolute atomic E-state index is 9.07. The van der Waals surface area contributed by atoms with Crippen LogP contribution in [0.1, 0.15) is 43.9 Å². The third-order valence-electron chi connectivity index (χ3n) is 3.86. The molecule has 0 radical (unpaired) electrons. The van der Waals surface area contributed by atoms with Crippen molar-refractivity contribution in [3.63, 3.8) is 0 Å². The van der Waals surface area contributed by atoms with Gasteiger partial charge in [0.05, 0.1) is 0 Å². The van der Waals surface area contributed by atoms with E-state index in [-0.39, 0.29) is 0 Å². The first kappa shape index (κ1) is 13.3. The lowest BCUT2D eigenvalue weighted by molar-refractivity contribution is 0.314. The molecule has 104 valence electrons. The molecule has 6 heteroatoms. The number of nitrogens with zero attached hydrogens (tertiary/aromatic N) is 2. The first-order valence-electron chi connectivity index (χ1n) is 7.04. The van der Waals surface area contributed by atoms with E-state index in [9.17, 15) is 0 Å². The molecule has 5 nitrogen and oxygen atoms in total. The fraction of sp³-hybridized carbons (Fsp3) is 0.429. The molecule has 0 bridgehead atoms. The quantitative estimate of drug-likeness (QED) is 0.827. The SMILES string of the molecule is OB(O)c1ccc(-c2noc(C3CCCCC3)n2)cc1. The normalized spacial score (nSPS) is 16.3. The molecule has 3 rings (SSSR count). The molecule has 1 aromatic heterocycles. The number of hydrogen-bond donors (Lipinski definition) is 2. The molecule has 1 saturated carbocycles. The summed E-state index contributed by atoms with van der Waals surface area (Å²) < 4.78 is 5.38. The molecule has 2 aromatic rings. The van der Waals surface area contributed by atoms with E-state index in [0.717, 1.165) is 24.3 Å². The smallest absolute Gasteiger partial charge is 0.423 e. The topological polar surface area (TPSA) is 79.4 Å². The summed E-state index contributed by atoms with van der Waals surface area (Å²) in [6.45, 7) is 0. The highest BCUT2D eigenvalue weighted by atomic mass is 16.5. The zero-order valence-electron chi connectivity index (χ0n) is 11.2. The lowest BCUT2D eigenvalue weighted by Gasteiger charge is -2.17. The second-order valence-corrected chi connectivity index (χ2v) is 5.29. The summed E-state index contributed by atoms with van der Waals surface area (Å²) in [5.41, 5.74) is 1.27. The largest absolute Gasteiger partial charge is 0.488 e. The molecular formula is C14H17BN2O3. The highest BCUT2D eigenvalue weighted by molar-refractivity contribution is 6.58. The van der Waals surface area contributed by atoms with Crippen molar-refractivity contribution >= 4 is 12.6 Å². The van der Waals surface area contributed by atoms with Crippen molar-refractivity contribution in [2.24, 2.45) is 0 Å². The first-order chi connectivity index (χ1) is 9.74. The van der Waals surface area contributed by atoms with E-state index in [2.05, 4.69) is 10.1 Å². The average molecular weight is 272 g/mol. The third kappa shape index (κ3) is 2.76. The molecule has 0 aliphatic heterocycles. The van der Waals surface area contributed by atoms with Crippen LogP contribution in [0.3, 0.4) is 0 Å². The van der Waals surface area contributed by atoms with Gasteiger partial charge >= 0.3 is 7.12 Å². The van der Waals surface area contributed by atoms with E-state index < -0.39 is 7.12 Å². The summed E-state index contributed by atoms with van der Waals surface area (Å²) in [6.07, 6.45) is 5.99. The van der Waals surface area contributed by atoms with Gasteiger partial charge in [-0.05, 0) is 18.3 Å². The summed E-state index contributed by atoms with van der Waals surface area (Å²) in [6, 6.07) is 6.84. The van der Waals surface area contributed by atoms with Gasteiger partial charge in [-0.15, -0.1) is 0 Å². The predicted octanol–water partition coefficient (Wildman–Crippen LogP) is 1.46. The van der Waals surface area contributed by atoms with Crippen molar-refractivity contribution in [1.82, 2.24) is 10.1 Å². The van der Waals surface area contributed by atoms with E-state index in [1.165, 1.54) is 19.3 Å². The van der Waals surface area contributed by atoms with Crippen LogP contribution in [0.4, 0.5) is 0 Å². The summed E-state index contributed by atoms with van der Waals surface area (Å²) >= 11 is 0. The summed E-state index contributed by atoms with van der Waals surface area (Å²) in [5.74, 6) is 1.68. The summed E-state index contributed by atoms with van der Waals surface area (Å²) in [7, 11) is -1.45. The molecule has 1 heterocycles. The van der Waals surface area contributed by atoms with Crippen LogP contribution in [0, 0.1) is 0 Å². The molecule has 1 fully saturated rings. The van der Waals surface area contributed by atoms with Crippen LogP contribution in [0.15, 0.2) is 28.8 Å². The van der Waals surface area contributed by atoms with Gasteiger partial charge in [-0.3, -0.25) is 0 Å². The van der Waals surface area contributed by atoms with Gasteiger partial charge in [0.2, 0.25) is 11.7 Å². The van der Waals surface area contributed by atoms with Crippen molar-refractivity contribution in [1.29, 1.82) is 0 Å². The Bertz CT molecular complexity index is 562. The Morgan fingerprint density at radius 3 is 2.40 bits per heavy atom. The Balaban J connectivity index is 1.78. The Morgan fingerprint density at radius 2 is 1.75 bits per heavy atom. The monoisotopic (exact) mass is 272 g/mol. The molecule has 1 aliphatic rings. The van der Waals surface area contributed by atoms with Crippen LogP contribution >= 0.6 is 0 Å². The van der Waals surface area contributed by atoms with Gasteiger partial charge in [0.1, 0.15) is 0 Å². The Morgan fingerprint density at radius 1 is 1.05 bits per heavy atom. The van der Waals surface area contributed by atoms with Crippen molar-refractivity contribution in [2.75, 3.05) is 0 Å². The first-order valence-corrected chi connectivity index (χ1v) is 7.04. The number of hydrogen-bond acceptors (Lipinski definition) is 5. The fourth-order valence-corrected chi connectivity index (χ4v) is 2.67. The molecule has 2 N–H and O–H groups in total. The Kier molecular flexibility index (Phi) is 3.85. The van der Waals surface area contributed by atoms with Crippen molar-refractivity contribution in [3.8, 4) is 11.4 Å². The summed E-state index contributed by atoms with van der Waals surface area (Å²) in [4.78, 5) is 4.48. The molecule has 0 amide bonds. The van der Waals surface area contributed by atoms with Crippen LogP contribution in [0.5, 0.6) is 0 Å². The minimum absolute atomic E-state index is 0.392. The summed E-state index contributed by atoms with van der Waals surface area (Å²) in [5, 5.41) is 22.2. The highest BCUT2D eigenvalue weighted by Crippen LogP contribution is 2.32. The second-order valence-electron chi connectivity index (χ2n) is 5.29. The molecule has 0 atom stereocenters. The van der Waals surface area contributed by atoms with Gasteiger partial charge in [0.15, 0.2) is 0 Å². The molecule has 0 saturated heterocycles. The van der Waals surface area contributed by atoms with Crippen LogP contribution in [-0.2, 0) is 0 Å². The number of rotatable bonds is 3. The van der Waals surface area contributed by atoms with Crippen LogP contribution in [0.25, 0.3) is 11.4 Å². The van der Waals surface area contributed by atoms with E-state index >= 15 is 0 Å². The number of aromatic nitrogens is 2. The average Bonchev–Trinajstić information content (AvgIpc) is 2.98.